The van der Waals surface area contributed by atoms with Crippen molar-refractivity contribution in [1.29, 1.82) is 0 Å². The van der Waals surface area contributed by atoms with Crippen molar-refractivity contribution in [2.24, 2.45) is 5.92 Å². The maximum Gasteiger partial charge on any atom is 0.333 e. The standard InChI is InChI=1S/C25H42O9/c1-5-20(4)25(30)32-16-11-7-8-12-22(27)31-15-10-6-9-13-23(28)34-18-21(26)14-17-33-24(29)19(2)3/h20-21,26H,2,5-18H2,1,3-4H3. The van der Waals surface area contributed by atoms with E-state index in [1.165, 1.54) is 6.92 Å². The first-order valence-corrected chi connectivity index (χ1v) is 12.2. The predicted molar refractivity (Wildman–Crippen MR) is 126 cm³/mol. The molecule has 196 valence electrons. The molecule has 2 atom stereocenters. The van der Waals surface area contributed by atoms with Crippen LogP contribution in [0.5, 0.6) is 0 Å². The Bertz CT molecular complexity index is 630. The fraction of sp³-hybridized carbons (Fsp3) is 0.760. The predicted octanol–water partition coefficient (Wildman–Crippen LogP) is 3.65. The zero-order valence-electron chi connectivity index (χ0n) is 21.0. The minimum atomic E-state index is -0.902. The van der Waals surface area contributed by atoms with E-state index in [9.17, 15) is 24.3 Å². The summed E-state index contributed by atoms with van der Waals surface area (Å²) in [6.45, 7) is 9.33. The van der Waals surface area contributed by atoms with Gasteiger partial charge in [0.05, 0.1) is 31.8 Å². The third kappa shape index (κ3) is 18.1. The molecule has 0 aromatic rings. The zero-order chi connectivity index (χ0) is 25.8. The van der Waals surface area contributed by atoms with E-state index in [1.807, 2.05) is 13.8 Å². The third-order valence-corrected chi connectivity index (χ3v) is 5.04. The third-order valence-electron chi connectivity index (χ3n) is 5.04. The number of aliphatic hydroxyl groups is 1. The average molecular weight is 487 g/mol. The maximum absolute atomic E-state index is 11.7. The summed E-state index contributed by atoms with van der Waals surface area (Å²) in [5.74, 6) is -1.44. The highest BCUT2D eigenvalue weighted by molar-refractivity contribution is 5.86. The lowest BCUT2D eigenvalue weighted by Crippen LogP contribution is -2.21. The van der Waals surface area contributed by atoms with Crippen LogP contribution in [0.2, 0.25) is 0 Å². The average Bonchev–Trinajstić information content (AvgIpc) is 2.81. The fourth-order valence-corrected chi connectivity index (χ4v) is 2.59. The summed E-state index contributed by atoms with van der Waals surface area (Å²) in [5.41, 5.74) is 0.282. The second-order valence-electron chi connectivity index (χ2n) is 8.36. The van der Waals surface area contributed by atoms with Crippen molar-refractivity contribution in [3.63, 3.8) is 0 Å². The molecule has 0 saturated heterocycles. The number of rotatable bonds is 20. The topological polar surface area (TPSA) is 125 Å². The SMILES string of the molecule is C=C(C)C(=O)OCCC(O)COC(=O)CCCCCOC(=O)CCCCCOC(=O)C(C)CC. The number of aliphatic hydroxyl groups excluding tert-OH is 1. The summed E-state index contributed by atoms with van der Waals surface area (Å²) in [4.78, 5) is 46.1. The summed E-state index contributed by atoms with van der Waals surface area (Å²) in [7, 11) is 0. The van der Waals surface area contributed by atoms with Crippen molar-refractivity contribution in [3.05, 3.63) is 12.2 Å². The van der Waals surface area contributed by atoms with Crippen LogP contribution in [0.25, 0.3) is 0 Å². The Morgan fingerprint density at radius 3 is 1.91 bits per heavy atom. The Kier molecular flexibility index (Phi) is 18.6. The molecule has 0 aromatic heterocycles. The van der Waals surface area contributed by atoms with Gasteiger partial charge in [0, 0.05) is 24.8 Å². The van der Waals surface area contributed by atoms with E-state index in [-0.39, 0.29) is 49.5 Å². The van der Waals surface area contributed by atoms with Gasteiger partial charge >= 0.3 is 23.9 Å². The molecular formula is C25H42O9. The minimum absolute atomic E-state index is 0.0247. The molecule has 34 heavy (non-hydrogen) atoms. The molecule has 0 radical (unpaired) electrons. The van der Waals surface area contributed by atoms with Gasteiger partial charge in [0.15, 0.2) is 0 Å². The first kappa shape index (κ1) is 31.6. The molecule has 1 N–H and O–H groups in total. The summed E-state index contributed by atoms with van der Waals surface area (Å²) >= 11 is 0. The van der Waals surface area contributed by atoms with Gasteiger partial charge in [-0.3, -0.25) is 14.4 Å². The smallest absolute Gasteiger partial charge is 0.333 e. The Balaban J connectivity index is 3.56. The van der Waals surface area contributed by atoms with Gasteiger partial charge in [-0.25, -0.2) is 4.79 Å². The van der Waals surface area contributed by atoms with Crippen LogP contribution in [0, 0.1) is 5.92 Å². The Morgan fingerprint density at radius 1 is 0.794 bits per heavy atom. The maximum atomic E-state index is 11.7. The van der Waals surface area contributed by atoms with Gasteiger partial charge in [-0.1, -0.05) is 20.4 Å². The molecule has 0 spiro atoms. The summed E-state index contributed by atoms with van der Waals surface area (Å²) in [6, 6.07) is 0. The van der Waals surface area contributed by atoms with Crippen molar-refractivity contribution in [2.75, 3.05) is 26.4 Å². The van der Waals surface area contributed by atoms with Crippen LogP contribution in [0.1, 0.15) is 85.0 Å². The molecule has 0 aliphatic carbocycles. The van der Waals surface area contributed by atoms with Crippen LogP contribution in [-0.2, 0) is 38.1 Å². The van der Waals surface area contributed by atoms with Crippen LogP contribution in [0.3, 0.4) is 0 Å². The van der Waals surface area contributed by atoms with Crippen molar-refractivity contribution in [3.8, 4) is 0 Å². The highest BCUT2D eigenvalue weighted by Crippen LogP contribution is 2.07. The lowest BCUT2D eigenvalue weighted by atomic mass is 10.1. The van der Waals surface area contributed by atoms with E-state index in [2.05, 4.69) is 6.58 Å². The van der Waals surface area contributed by atoms with E-state index >= 15 is 0 Å². The number of hydrogen-bond acceptors (Lipinski definition) is 9. The Labute approximate surface area is 203 Å². The summed E-state index contributed by atoms with van der Waals surface area (Å²) < 4.78 is 20.2. The molecular weight excluding hydrogens is 444 g/mol. The van der Waals surface area contributed by atoms with E-state index in [1.54, 1.807) is 0 Å². The van der Waals surface area contributed by atoms with E-state index in [0.29, 0.717) is 45.3 Å². The minimum Gasteiger partial charge on any atom is -0.466 e. The first-order valence-electron chi connectivity index (χ1n) is 12.2. The monoisotopic (exact) mass is 486 g/mol. The molecule has 0 aromatic carbocycles. The van der Waals surface area contributed by atoms with Gasteiger partial charge in [0.25, 0.3) is 0 Å². The van der Waals surface area contributed by atoms with Crippen LogP contribution in [0.15, 0.2) is 12.2 Å². The quantitative estimate of drug-likeness (QED) is 0.119. The molecule has 9 heteroatoms. The van der Waals surface area contributed by atoms with E-state index in [4.69, 9.17) is 18.9 Å². The molecule has 0 saturated carbocycles. The van der Waals surface area contributed by atoms with Crippen molar-refractivity contribution >= 4 is 23.9 Å². The van der Waals surface area contributed by atoms with Gasteiger partial charge in [-0.05, 0) is 51.9 Å². The lowest BCUT2D eigenvalue weighted by Gasteiger charge is -2.11. The van der Waals surface area contributed by atoms with Gasteiger partial charge in [-0.15, -0.1) is 0 Å². The summed E-state index contributed by atoms with van der Waals surface area (Å²) in [5, 5.41) is 9.74. The molecule has 9 nitrogen and oxygen atoms in total. The normalized spacial score (nSPS) is 12.4. The van der Waals surface area contributed by atoms with E-state index in [0.717, 1.165) is 19.3 Å². The largest absolute Gasteiger partial charge is 0.466 e. The van der Waals surface area contributed by atoms with Crippen LogP contribution in [0.4, 0.5) is 0 Å². The molecule has 0 bridgehead atoms. The van der Waals surface area contributed by atoms with Gasteiger partial charge in [0.1, 0.15) is 6.61 Å². The van der Waals surface area contributed by atoms with Crippen LogP contribution < -0.4 is 0 Å². The van der Waals surface area contributed by atoms with Crippen LogP contribution in [-0.4, -0.2) is 61.5 Å². The number of carbonyl (C=O) groups excluding carboxylic acids is 4. The highest BCUT2D eigenvalue weighted by Gasteiger charge is 2.12. The summed E-state index contributed by atoms with van der Waals surface area (Å²) in [6.07, 6.45) is 4.75. The van der Waals surface area contributed by atoms with Crippen molar-refractivity contribution in [2.45, 2.75) is 91.1 Å². The lowest BCUT2D eigenvalue weighted by molar-refractivity contribution is -0.148. The molecule has 2 unspecified atom stereocenters. The zero-order valence-corrected chi connectivity index (χ0v) is 21.0. The van der Waals surface area contributed by atoms with Gasteiger partial charge in [-0.2, -0.15) is 0 Å². The number of hydrogen-bond donors (Lipinski definition) is 1. The number of esters is 4. The second kappa shape index (κ2) is 20.0. The molecule has 0 fully saturated rings. The van der Waals surface area contributed by atoms with Gasteiger partial charge in [0.2, 0.25) is 0 Å². The van der Waals surface area contributed by atoms with Crippen molar-refractivity contribution in [1.82, 2.24) is 0 Å². The first-order chi connectivity index (χ1) is 16.2. The number of unbranched alkanes of at least 4 members (excludes halogenated alkanes) is 4. The molecule has 0 heterocycles. The van der Waals surface area contributed by atoms with E-state index < -0.39 is 18.0 Å². The molecule has 0 aliphatic rings. The molecule has 0 aliphatic heterocycles. The van der Waals surface area contributed by atoms with Crippen molar-refractivity contribution < 1.29 is 43.2 Å². The second-order valence-corrected chi connectivity index (χ2v) is 8.36. The number of carbonyl (C=O) groups is 4. The highest BCUT2D eigenvalue weighted by atomic mass is 16.5. The Morgan fingerprint density at radius 2 is 1.35 bits per heavy atom. The Hall–Kier alpha value is -2.42. The van der Waals surface area contributed by atoms with Crippen LogP contribution >= 0.6 is 0 Å². The van der Waals surface area contributed by atoms with Gasteiger partial charge < -0.3 is 24.1 Å². The molecule has 0 amide bonds. The number of ether oxygens (including phenoxy) is 4. The fourth-order valence-electron chi connectivity index (χ4n) is 2.59. The molecule has 0 rings (SSSR count).